The topological polar surface area (TPSA) is 64.3 Å². The summed E-state index contributed by atoms with van der Waals surface area (Å²) in [5.41, 5.74) is 5.73. The predicted molar refractivity (Wildman–Crippen MR) is 77.8 cm³/mol. The summed E-state index contributed by atoms with van der Waals surface area (Å²) in [6.45, 7) is 11.2. The molecule has 0 heterocycles. The minimum atomic E-state index is -0.389. The number of rotatable bonds is 6. The van der Waals surface area contributed by atoms with Gasteiger partial charge in [-0.25, -0.2) is 0 Å². The molecule has 3 atom stereocenters. The summed E-state index contributed by atoms with van der Waals surface area (Å²) in [7, 11) is 0. The number of carbonyl (C=O) groups excluding carboxylic acids is 1. The second-order valence-corrected chi connectivity index (χ2v) is 7.14. The molecule has 0 radical (unpaired) electrons. The number of carbonyl (C=O) groups is 1. The number of primary amides is 1. The summed E-state index contributed by atoms with van der Waals surface area (Å²) in [5, 5.41) is 3.15. The van der Waals surface area contributed by atoms with E-state index in [2.05, 4.69) is 26.1 Å². The van der Waals surface area contributed by atoms with Gasteiger partial charge in [-0.1, -0.05) is 34.6 Å². The summed E-state index contributed by atoms with van der Waals surface area (Å²) in [5.74, 6) is 0.343. The molecular formula is C15H30N2O2. The van der Waals surface area contributed by atoms with Crippen LogP contribution in [0.5, 0.6) is 0 Å². The zero-order chi connectivity index (χ0) is 14.6. The van der Waals surface area contributed by atoms with Crippen LogP contribution in [0.2, 0.25) is 0 Å². The molecule has 1 rings (SSSR count). The molecule has 0 aromatic carbocycles. The van der Waals surface area contributed by atoms with Crippen molar-refractivity contribution in [3.05, 3.63) is 0 Å². The van der Waals surface area contributed by atoms with Crippen molar-refractivity contribution in [2.45, 2.75) is 72.1 Å². The Kier molecular flexibility index (Phi) is 5.81. The van der Waals surface area contributed by atoms with Gasteiger partial charge in [0, 0.05) is 6.04 Å². The van der Waals surface area contributed by atoms with Gasteiger partial charge in [-0.05, 0) is 30.6 Å². The van der Waals surface area contributed by atoms with Gasteiger partial charge in [-0.15, -0.1) is 0 Å². The first-order valence-corrected chi connectivity index (χ1v) is 7.36. The van der Waals surface area contributed by atoms with Gasteiger partial charge >= 0.3 is 0 Å². The van der Waals surface area contributed by atoms with Crippen molar-refractivity contribution >= 4 is 5.91 Å². The molecule has 0 spiro atoms. The van der Waals surface area contributed by atoms with E-state index in [1.165, 1.54) is 6.42 Å². The van der Waals surface area contributed by atoms with Crippen LogP contribution in [-0.4, -0.2) is 30.7 Å². The molecule has 112 valence electrons. The summed E-state index contributed by atoms with van der Waals surface area (Å²) in [4.78, 5) is 11.4. The number of amides is 1. The number of hydrogen-bond donors (Lipinski definition) is 2. The number of hydrogen-bond acceptors (Lipinski definition) is 3. The van der Waals surface area contributed by atoms with E-state index in [9.17, 15) is 4.79 Å². The Balaban J connectivity index is 2.47. The van der Waals surface area contributed by atoms with E-state index in [1.54, 1.807) is 0 Å². The largest absolute Gasteiger partial charge is 0.376 e. The molecule has 0 saturated heterocycles. The SMILES string of the molecule is CC1CC(OCC(NC(C)C)C(N)=O)CC(C)(C)C1. The first kappa shape index (κ1) is 16.4. The van der Waals surface area contributed by atoms with Crippen LogP contribution in [-0.2, 0) is 9.53 Å². The van der Waals surface area contributed by atoms with E-state index in [0.717, 1.165) is 12.8 Å². The Bertz CT molecular complexity index is 303. The van der Waals surface area contributed by atoms with Crippen LogP contribution < -0.4 is 11.1 Å². The molecule has 0 aromatic heterocycles. The van der Waals surface area contributed by atoms with Gasteiger partial charge in [0.1, 0.15) is 6.04 Å². The number of ether oxygens (including phenoxy) is 1. The summed E-state index contributed by atoms with van der Waals surface area (Å²) >= 11 is 0. The Labute approximate surface area is 117 Å². The fraction of sp³-hybridized carbons (Fsp3) is 0.933. The molecule has 3 unspecified atom stereocenters. The normalized spacial score (nSPS) is 28.3. The Hall–Kier alpha value is -0.610. The van der Waals surface area contributed by atoms with Gasteiger partial charge < -0.3 is 15.8 Å². The minimum Gasteiger partial charge on any atom is -0.376 e. The zero-order valence-corrected chi connectivity index (χ0v) is 13.0. The van der Waals surface area contributed by atoms with E-state index in [0.29, 0.717) is 17.9 Å². The maximum atomic E-state index is 11.4. The third-order valence-corrected chi connectivity index (χ3v) is 3.72. The van der Waals surface area contributed by atoms with Crippen molar-refractivity contribution in [2.24, 2.45) is 17.1 Å². The van der Waals surface area contributed by atoms with E-state index in [-0.39, 0.29) is 24.1 Å². The maximum absolute atomic E-state index is 11.4. The molecule has 0 aliphatic heterocycles. The standard InChI is InChI=1S/C15H30N2O2/c1-10(2)17-13(14(16)18)9-19-12-6-11(3)7-15(4,5)8-12/h10-13,17H,6-9H2,1-5H3,(H2,16,18). The second-order valence-electron chi connectivity index (χ2n) is 7.14. The van der Waals surface area contributed by atoms with Crippen LogP contribution in [0.4, 0.5) is 0 Å². The van der Waals surface area contributed by atoms with E-state index < -0.39 is 0 Å². The third kappa shape index (κ3) is 5.91. The van der Waals surface area contributed by atoms with Crippen LogP contribution in [0.15, 0.2) is 0 Å². The molecule has 3 N–H and O–H groups in total. The van der Waals surface area contributed by atoms with Crippen LogP contribution in [0.3, 0.4) is 0 Å². The van der Waals surface area contributed by atoms with Gasteiger partial charge in [-0.3, -0.25) is 4.79 Å². The van der Waals surface area contributed by atoms with Gasteiger partial charge in [0.2, 0.25) is 5.91 Å². The summed E-state index contributed by atoms with van der Waals surface area (Å²) < 4.78 is 5.95. The van der Waals surface area contributed by atoms with Crippen molar-refractivity contribution in [3.8, 4) is 0 Å². The van der Waals surface area contributed by atoms with Gasteiger partial charge in [0.25, 0.3) is 0 Å². The highest BCUT2D eigenvalue weighted by atomic mass is 16.5. The van der Waals surface area contributed by atoms with Crippen LogP contribution in [0.1, 0.15) is 53.9 Å². The molecular weight excluding hydrogens is 240 g/mol. The van der Waals surface area contributed by atoms with Gasteiger partial charge in [0.15, 0.2) is 0 Å². The molecule has 1 aliphatic rings. The highest BCUT2D eigenvalue weighted by molar-refractivity contribution is 5.80. The van der Waals surface area contributed by atoms with Crippen LogP contribution >= 0.6 is 0 Å². The lowest BCUT2D eigenvalue weighted by Crippen LogP contribution is -2.48. The molecule has 4 heteroatoms. The first-order valence-electron chi connectivity index (χ1n) is 7.36. The monoisotopic (exact) mass is 270 g/mol. The third-order valence-electron chi connectivity index (χ3n) is 3.72. The molecule has 1 saturated carbocycles. The predicted octanol–water partition coefficient (Wildman–Crippen LogP) is 2.07. The van der Waals surface area contributed by atoms with Crippen molar-refractivity contribution in [1.82, 2.24) is 5.32 Å². The average Bonchev–Trinajstić information content (AvgIpc) is 2.20. The first-order chi connectivity index (χ1) is 8.69. The number of nitrogens with one attached hydrogen (secondary N) is 1. The second kappa shape index (κ2) is 6.71. The summed E-state index contributed by atoms with van der Waals surface area (Å²) in [6, 6.07) is -0.164. The molecule has 0 bridgehead atoms. The molecule has 19 heavy (non-hydrogen) atoms. The van der Waals surface area contributed by atoms with E-state index in [1.807, 2.05) is 13.8 Å². The lowest BCUT2D eigenvalue weighted by Gasteiger charge is -2.39. The van der Waals surface area contributed by atoms with Crippen molar-refractivity contribution in [3.63, 3.8) is 0 Å². The van der Waals surface area contributed by atoms with E-state index >= 15 is 0 Å². The molecule has 4 nitrogen and oxygen atoms in total. The Morgan fingerprint density at radius 3 is 2.53 bits per heavy atom. The smallest absolute Gasteiger partial charge is 0.236 e. The van der Waals surface area contributed by atoms with E-state index in [4.69, 9.17) is 10.5 Å². The Morgan fingerprint density at radius 2 is 2.05 bits per heavy atom. The van der Waals surface area contributed by atoms with Crippen molar-refractivity contribution in [1.29, 1.82) is 0 Å². The van der Waals surface area contributed by atoms with Crippen molar-refractivity contribution < 1.29 is 9.53 Å². The highest BCUT2D eigenvalue weighted by Gasteiger charge is 2.33. The fourth-order valence-corrected chi connectivity index (χ4v) is 3.23. The van der Waals surface area contributed by atoms with Crippen LogP contribution in [0, 0.1) is 11.3 Å². The lowest BCUT2D eigenvalue weighted by molar-refractivity contribution is -0.123. The summed E-state index contributed by atoms with van der Waals surface area (Å²) in [6.07, 6.45) is 3.63. The zero-order valence-electron chi connectivity index (χ0n) is 13.0. The minimum absolute atomic E-state index is 0.225. The lowest BCUT2D eigenvalue weighted by atomic mass is 9.71. The number of nitrogens with two attached hydrogens (primary N) is 1. The quantitative estimate of drug-likeness (QED) is 0.776. The Morgan fingerprint density at radius 1 is 1.42 bits per heavy atom. The van der Waals surface area contributed by atoms with Gasteiger partial charge in [0.05, 0.1) is 12.7 Å². The van der Waals surface area contributed by atoms with Crippen molar-refractivity contribution in [2.75, 3.05) is 6.61 Å². The van der Waals surface area contributed by atoms with Gasteiger partial charge in [-0.2, -0.15) is 0 Å². The maximum Gasteiger partial charge on any atom is 0.236 e. The molecule has 1 aliphatic carbocycles. The molecule has 1 fully saturated rings. The van der Waals surface area contributed by atoms with Crippen LogP contribution in [0.25, 0.3) is 0 Å². The molecule has 1 amide bonds. The highest BCUT2D eigenvalue weighted by Crippen LogP contribution is 2.39. The molecule has 0 aromatic rings. The fourth-order valence-electron chi connectivity index (χ4n) is 3.23. The average molecular weight is 270 g/mol.